The molecule has 0 aromatic heterocycles. The van der Waals surface area contributed by atoms with Crippen molar-refractivity contribution >= 4 is 27.6 Å². The molecule has 1 aromatic carbocycles. The summed E-state index contributed by atoms with van der Waals surface area (Å²) in [6.45, 7) is 0. The molecule has 5 rings (SSSR count). The van der Waals surface area contributed by atoms with Crippen molar-refractivity contribution in [2.24, 2.45) is 23.7 Å². The first-order valence-electron chi connectivity index (χ1n) is 8.99. The molecule has 4 aliphatic rings. The predicted octanol–water partition coefficient (Wildman–Crippen LogP) is 1.27. The number of hydrogen-bond acceptors (Lipinski definition) is 7. The van der Waals surface area contributed by atoms with E-state index in [2.05, 4.69) is 15.9 Å². The Morgan fingerprint density at radius 2 is 1.85 bits per heavy atom. The second kappa shape index (κ2) is 5.97. The van der Waals surface area contributed by atoms with Gasteiger partial charge < -0.3 is 19.7 Å². The molecule has 1 aliphatic heterocycles. The molecule has 0 spiro atoms. The number of hydrogen-bond donors (Lipinski definition) is 2. The third-order valence-corrected chi connectivity index (χ3v) is 7.98. The highest BCUT2D eigenvalue weighted by Gasteiger charge is 2.71. The van der Waals surface area contributed by atoms with E-state index in [0.29, 0.717) is 5.92 Å². The molecule has 2 bridgehead atoms. The van der Waals surface area contributed by atoms with Crippen LogP contribution in [-0.2, 0) is 9.47 Å². The number of benzene rings is 1. The van der Waals surface area contributed by atoms with Crippen LogP contribution in [0, 0.1) is 33.8 Å². The molecule has 3 aliphatic carbocycles. The highest BCUT2D eigenvalue weighted by Crippen LogP contribution is 2.65. The maximum Gasteiger partial charge on any atom is 0.338 e. The van der Waals surface area contributed by atoms with Crippen LogP contribution in [0.4, 0.5) is 5.69 Å². The van der Waals surface area contributed by atoms with Crippen LogP contribution in [0.3, 0.4) is 0 Å². The van der Waals surface area contributed by atoms with E-state index in [1.165, 1.54) is 24.3 Å². The van der Waals surface area contributed by atoms with E-state index in [0.717, 1.165) is 6.42 Å². The lowest BCUT2D eigenvalue weighted by molar-refractivity contribution is -0.384. The van der Waals surface area contributed by atoms with Gasteiger partial charge in [0.2, 0.25) is 0 Å². The second-order valence-electron chi connectivity index (χ2n) is 7.88. The van der Waals surface area contributed by atoms with Crippen molar-refractivity contribution in [3.63, 3.8) is 0 Å². The summed E-state index contributed by atoms with van der Waals surface area (Å²) in [7, 11) is 0. The molecule has 0 amide bonds. The number of non-ortho nitro benzene ring substituents is 1. The van der Waals surface area contributed by atoms with Gasteiger partial charge in [0.05, 0.1) is 22.7 Å². The average molecular weight is 440 g/mol. The molecule has 2 N–H and O–H groups in total. The van der Waals surface area contributed by atoms with Gasteiger partial charge in [-0.05, 0) is 36.3 Å². The first kappa shape index (κ1) is 17.5. The summed E-state index contributed by atoms with van der Waals surface area (Å²) in [5.74, 6) is -0.154. The van der Waals surface area contributed by atoms with Gasteiger partial charge in [-0.25, -0.2) is 4.79 Å². The molecule has 9 heteroatoms. The zero-order valence-corrected chi connectivity index (χ0v) is 15.6. The maximum atomic E-state index is 12.6. The van der Waals surface area contributed by atoms with Crippen molar-refractivity contribution in [3.8, 4) is 0 Å². The Morgan fingerprint density at radius 1 is 1.15 bits per heavy atom. The quantitative estimate of drug-likeness (QED) is 0.315. The predicted molar refractivity (Wildman–Crippen MR) is 94.3 cm³/mol. The molecule has 1 aromatic rings. The van der Waals surface area contributed by atoms with Crippen molar-refractivity contribution in [2.75, 3.05) is 0 Å². The van der Waals surface area contributed by atoms with Crippen LogP contribution in [0.5, 0.6) is 0 Å². The highest BCUT2D eigenvalue weighted by atomic mass is 79.9. The molecule has 27 heavy (non-hydrogen) atoms. The summed E-state index contributed by atoms with van der Waals surface area (Å²) in [6.07, 6.45) is -2.63. The van der Waals surface area contributed by atoms with Gasteiger partial charge in [-0.15, -0.1) is 0 Å². The fourth-order valence-corrected chi connectivity index (χ4v) is 6.82. The molecule has 1 heterocycles. The largest absolute Gasteiger partial charge is 0.456 e. The number of rotatable bonds is 3. The Hall–Kier alpha value is -1.55. The average Bonchev–Trinajstić information content (AvgIpc) is 3.28. The Labute approximate surface area is 162 Å². The zero-order chi connectivity index (χ0) is 19.0. The van der Waals surface area contributed by atoms with Crippen molar-refractivity contribution < 1.29 is 29.4 Å². The van der Waals surface area contributed by atoms with Gasteiger partial charge in [0.25, 0.3) is 5.69 Å². The number of esters is 1. The number of nitro groups is 1. The normalized spacial score (nSPS) is 46.5. The Balaban J connectivity index is 1.41. The molecular formula is C18H18BrNO7. The number of nitrogens with zero attached hydrogens (tertiary/aromatic N) is 1. The number of nitro benzene ring substituents is 1. The van der Waals surface area contributed by atoms with Crippen molar-refractivity contribution in [3.05, 3.63) is 39.9 Å². The van der Waals surface area contributed by atoms with E-state index in [9.17, 15) is 25.1 Å². The molecule has 10 atom stereocenters. The number of fused-ring (bicyclic) bond motifs is 2. The third kappa shape index (κ3) is 2.35. The van der Waals surface area contributed by atoms with E-state index in [-0.39, 0.29) is 39.9 Å². The van der Waals surface area contributed by atoms with Crippen LogP contribution in [0.25, 0.3) is 0 Å². The number of carbonyl (C=O) groups excluding carboxylic acids is 1. The van der Waals surface area contributed by atoms with Crippen LogP contribution in [0.2, 0.25) is 0 Å². The summed E-state index contributed by atoms with van der Waals surface area (Å²) >= 11 is 3.69. The topological polar surface area (TPSA) is 119 Å². The highest BCUT2D eigenvalue weighted by molar-refractivity contribution is 9.09. The van der Waals surface area contributed by atoms with E-state index < -0.39 is 35.3 Å². The molecule has 3 saturated carbocycles. The fourth-order valence-electron chi connectivity index (χ4n) is 5.73. The summed E-state index contributed by atoms with van der Waals surface area (Å²) in [4.78, 5) is 22.9. The third-order valence-electron chi connectivity index (χ3n) is 6.78. The minimum Gasteiger partial charge on any atom is -0.456 e. The summed E-state index contributed by atoms with van der Waals surface area (Å²) in [6, 6.07) is 5.13. The van der Waals surface area contributed by atoms with E-state index >= 15 is 0 Å². The number of aliphatic hydroxyl groups is 2. The molecule has 4 fully saturated rings. The van der Waals surface area contributed by atoms with Gasteiger partial charge in [-0.3, -0.25) is 10.1 Å². The molecule has 0 unspecified atom stereocenters. The van der Waals surface area contributed by atoms with E-state index in [1.807, 2.05) is 0 Å². The molecule has 0 radical (unpaired) electrons. The SMILES string of the molecule is O=C(O[C@@H]1[C@H](O)[C@H](O)[C@@H]2O[C@@H]3[C@H](Br)[C@@H]4C[C@H]3[C@H]2[C@@H]41)c1ccc([N+](=O)[O-])cc1. The lowest BCUT2D eigenvalue weighted by Gasteiger charge is -2.45. The lowest BCUT2D eigenvalue weighted by Crippen LogP contribution is -2.59. The van der Waals surface area contributed by atoms with Crippen molar-refractivity contribution in [1.82, 2.24) is 0 Å². The van der Waals surface area contributed by atoms with Crippen molar-refractivity contribution in [1.29, 1.82) is 0 Å². The van der Waals surface area contributed by atoms with Crippen LogP contribution < -0.4 is 0 Å². The summed E-state index contributed by atoms with van der Waals surface area (Å²) < 4.78 is 11.7. The Bertz CT molecular complexity index is 801. The lowest BCUT2D eigenvalue weighted by atomic mass is 9.67. The zero-order valence-electron chi connectivity index (χ0n) is 14.1. The number of halogens is 1. The monoisotopic (exact) mass is 439 g/mol. The minimum absolute atomic E-state index is 0.0345. The van der Waals surface area contributed by atoms with Gasteiger partial charge in [0, 0.05) is 22.9 Å². The standard InChI is InChI=1S/C18H18BrNO7/c19-12-8-5-9-11-10(8)17(14(22)13(21)16(11)26-15(9)12)27-18(23)6-1-3-7(4-2-6)20(24)25/h1-4,8-17,21-22H,5H2/t8-,9+,10-,11+,12-,13+,14-,15+,16-,17+/m1/s1. The molecule has 1 saturated heterocycles. The molecule has 8 nitrogen and oxygen atoms in total. The first-order valence-corrected chi connectivity index (χ1v) is 9.91. The number of alkyl halides is 1. The van der Waals surface area contributed by atoms with E-state index in [1.54, 1.807) is 0 Å². The maximum absolute atomic E-state index is 12.6. The van der Waals surface area contributed by atoms with Crippen LogP contribution >= 0.6 is 15.9 Å². The Morgan fingerprint density at radius 3 is 2.52 bits per heavy atom. The van der Waals surface area contributed by atoms with Gasteiger partial charge in [0.15, 0.2) is 0 Å². The number of aliphatic hydroxyl groups excluding tert-OH is 2. The minimum atomic E-state index is -1.23. The summed E-state index contributed by atoms with van der Waals surface area (Å²) in [5, 5.41) is 31.9. The van der Waals surface area contributed by atoms with Crippen LogP contribution in [-0.4, -0.2) is 56.5 Å². The van der Waals surface area contributed by atoms with Gasteiger partial charge >= 0.3 is 5.97 Å². The van der Waals surface area contributed by atoms with Crippen LogP contribution in [0.1, 0.15) is 16.8 Å². The summed E-state index contributed by atoms with van der Waals surface area (Å²) in [5.41, 5.74) is 0.0513. The number of carbonyl (C=O) groups is 1. The van der Waals surface area contributed by atoms with Crippen molar-refractivity contribution in [2.45, 2.75) is 41.8 Å². The first-order chi connectivity index (χ1) is 12.9. The van der Waals surface area contributed by atoms with Gasteiger partial charge in [-0.1, -0.05) is 15.9 Å². The smallest absolute Gasteiger partial charge is 0.338 e. The van der Waals surface area contributed by atoms with Gasteiger partial charge in [-0.2, -0.15) is 0 Å². The fraction of sp³-hybridized carbons (Fsp3) is 0.611. The van der Waals surface area contributed by atoms with Crippen LogP contribution in [0.15, 0.2) is 24.3 Å². The van der Waals surface area contributed by atoms with E-state index in [4.69, 9.17) is 9.47 Å². The Kier molecular flexibility index (Phi) is 3.88. The second-order valence-corrected chi connectivity index (χ2v) is 8.94. The molecular weight excluding hydrogens is 422 g/mol. The number of ether oxygens (including phenoxy) is 2. The molecule has 144 valence electrons. The van der Waals surface area contributed by atoms with Gasteiger partial charge in [0.1, 0.15) is 18.3 Å².